The summed E-state index contributed by atoms with van der Waals surface area (Å²) < 4.78 is 0. The minimum Gasteiger partial charge on any atom is -0.507 e. The lowest BCUT2D eigenvalue weighted by Gasteiger charge is -2.21. The summed E-state index contributed by atoms with van der Waals surface area (Å²) in [5.41, 5.74) is 4.01. The van der Waals surface area contributed by atoms with Crippen LogP contribution in [0.1, 0.15) is 62.9 Å². The molecule has 184 valence electrons. The summed E-state index contributed by atoms with van der Waals surface area (Å²) in [7, 11) is 0. The zero-order valence-corrected chi connectivity index (χ0v) is 21.1. The van der Waals surface area contributed by atoms with Crippen molar-refractivity contribution in [3.8, 4) is 11.5 Å². The fourth-order valence-corrected chi connectivity index (χ4v) is 3.87. The number of nitrogens with one attached hydrogen (secondary N) is 1. The van der Waals surface area contributed by atoms with Crippen molar-refractivity contribution in [2.24, 2.45) is 9.98 Å². The molecule has 4 aromatic rings. The number of rotatable bonds is 5. The number of aromatic hydroxyl groups is 2. The number of phenols is 2. The maximum absolute atomic E-state index is 12.5. The largest absolute Gasteiger partial charge is 0.507 e. The van der Waals surface area contributed by atoms with Crippen LogP contribution in [0.3, 0.4) is 0 Å². The predicted octanol–water partition coefficient (Wildman–Crippen LogP) is 6.26. The Bertz CT molecular complexity index is 1540. The lowest BCUT2D eigenvalue weighted by atomic mass is 9.85. The molecule has 0 amide bonds. The molecule has 3 aromatic carbocycles. The lowest BCUT2D eigenvalue weighted by molar-refractivity contribution is 0.446. The van der Waals surface area contributed by atoms with E-state index in [1.165, 1.54) is 0 Å². The summed E-state index contributed by atoms with van der Waals surface area (Å²) in [4.78, 5) is 29.2. The number of para-hydroxylation sites is 2. The van der Waals surface area contributed by atoms with E-state index in [0.717, 1.165) is 5.56 Å². The Morgan fingerprint density at radius 2 is 1.56 bits per heavy atom. The van der Waals surface area contributed by atoms with E-state index in [1.807, 2.05) is 46.8 Å². The number of hydrogen-bond acceptors (Lipinski definition) is 6. The number of H-pyrrole nitrogens is 1. The summed E-state index contributed by atoms with van der Waals surface area (Å²) in [6.07, 6.45) is 3.14. The maximum Gasteiger partial charge on any atom is 0.270 e. The van der Waals surface area contributed by atoms with Gasteiger partial charge in [-0.2, -0.15) is 0 Å². The Hall–Kier alpha value is -4.26. The van der Waals surface area contributed by atoms with E-state index in [0.29, 0.717) is 39.2 Å². The van der Waals surface area contributed by atoms with E-state index in [2.05, 4.69) is 20.0 Å². The van der Waals surface area contributed by atoms with E-state index in [1.54, 1.807) is 54.9 Å². The van der Waals surface area contributed by atoms with Gasteiger partial charge in [0.1, 0.15) is 17.2 Å². The summed E-state index contributed by atoms with van der Waals surface area (Å²) in [5, 5.41) is 21.0. The number of hydrogen-bond donors (Lipinski definition) is 3. The molecule has 0 aliphatic carbocycles. The van der Waals surface area contributed by atoms with Crippen molar-refractivity contribution in [1.82, 2.24) is 9.97 Å². The predicted molar refractivity (Wildman–Crippen MR) is 146 cm³/mol. The monoisotopic (exact) mass is 482 g/mol. The minimum absolute atomic E-state index is 0.0408. The van der Waals surface area contributed by atoms with E-state index in [4.69, 9.17) is 0 Å². The van der Waals surface area contributed by atoms with Crippen LogP contribution in [-0.4, -0.2) is 32.6 Å². The third-order valence-electron chi connectivity index (χ3n) is 5.86. The van der Waals surface area contributed by atoms with Crippen LogP contribution in [0, 0.1) is 0 Å². The van der Waals surface area contributed by atoms with Gasteiger partial charge in [-0.1, -0.05) is 58.9 Å². The zero-order valence-electron chi connectivity index (χ0n) is 21.1. The summed E-state index contributed by atoms with van der Waals surface area (Å²) in [6, 6.07) is 15.9. The van der Waals surface area contributed by atoms with Crippen LogP contribution in [0.5, 0.6) is 11.5 Å². The molecule has 0 unspecified atom stereocenters. The van der Waals surface area contributed by atoms with E-state index < -0.39 is 0 Å². The highest BCUT2D eigenvalue weighted by Crippen LogP contribution is 2.35. The Labute approximate surface area is 209 Å². The standard InChI is InChI=1S/C29H30N4O3/c1-17(2)26-28(36)33-24-14-22(30-15-18-9-6-7-12-25(18)34)21(13-23(24)32-26)31-16-19-10-8-11-20(27(19)35)29(3,4)5/h6-17,34-35H,1-5H3,(H,33,36). The maximum atomic E-state index is 12.5. The minimum atomic E-state index is -0.242. The number of phenolic OH excluding ortho intramolecular Hbond substituents is 2. The first-order chi connectivity index (χ1) is 17.0. The third kappa shape index (κ3) is 5.20. The molecule has 0 aliphatic heterocycles. The van der Waals surface area contributed by atoms with Gasteiger partial charge in [-0.25, -0.2) is 4.98 Å². The van der Waals surface area contributed by atoms with Gasteiger partial charge in [0.2, 0.25) is 0 Å². The van der Waals surface area contributed by atoms with E-state index >= 15 is 0 Å². The molecule has 1 heterocycles. The molecule has 4 rings (SSSR count). The molecule has 3 N–H and O–H groups in total. The smallest absolute Gasteiger partial charge is 0.270 e. The molecule has 0 bridgehead atoms. The van der Waals surface area contributed by atoms with E-state index in [9.17, 15) is 15.0 Å². The van der Waals surface area contributed by atoms with Crippen molar-refractivity contribution < 1.29 is 10.2 Å². The van der Waals surface area contributed by atoms with Crippen LogP contribution >= 0.6 is 0 Å². The average Bonchev–Trinajstić information content (AvgIpc) is 2.81. The molecular weight excluding hydrogens is 452 g/mol. The third-order valence-corrected chi connectivity index (χ3v) is 5.86. The normalized spacial score (nSPS) is 12.4. The van der Waals surface area contributed by atoms with Gasteiger partial charge in [-0.15, -0.1) is 0 Å². The van der Waals surface area contributed by atoms with Gasteiger partial charge in [0.05, 0.1) is 22.4 Å². The van der Waals surface area contributed by atoms with Gasteiger partial charge in [0.25, 0.3) is 5.56 Å². The molecule has 7 heteroatoms. The lowest BCUT2D eigenvalue weighted by Crippen LogP contribution is -2.16. The van der Waals surface area contributed by atoms with Crippen LogP contribution in [0.15, 0.2) is 69.4 Å². The average molecular weight is 483 g/mol. The van der Waals surface area contributed by atoms with E-state index in [-0.39, 0.29) is 28.4 Å². The van der Waals surface area contributed by atoms with Crippen LogP contribution < -0.4 is 5.56 Å². The molecular formula is C29H30N4O3. The number of benzene rings is 3. The highest BCUT2D eigenvalue weighted by molar-refractivity contribution is 5.93. The van der Waals surface area contributed by atoms with Crippen LogP contribution in [0.4, 0.5) is 11.4 Å². The van der Waals surface area contributed by atoms with Crippen LogP contribution in [0.25, 0.3) is 11.0 Å². The molecule has 0 radical (unpaired) electrons. The Balaban J connectivity index is 1.86. The summed E-state index contributed by atoms with van der Waals surface area (Å²) in [5.74, 6) is 0.243. The molecule has 7 nitrogen and oxygen atoms in total. The van der Waals surface area contributed by atoms with Crippen molar-refractivity contribution in [2.45, 2.75) is 46.0 Å². The second kappa shape index (κ2) is 9.77. The number of aliphatic imine (C=N–C) groups is 2. The second-order valence-corrected chi connectivity index (χ2v) is 10.0. The first kappa shape index (κ1) is 24.9. The van der Waals surface area contributed by atoms with Gasteiger partial charge >= 0.3 is 0 Å². The Morgan fingerprint density at radius 3 is 2.22 bits per heavy atom. The van der Waals surface area contributed by atoms with Crippen LogP contribution in [0.2, 0.25) is 0 Å². The first-order valence-electron chi connectivity index (χ1n) is 11.8. The van der Waals surface area contributed by atoms with Crippen LogP contribution in [-0.2, 0) is 5.41 Å². The summed E-state index contributed by atoms with van der Waals surface area (Å²) >= 11 is 0. The number of nitrogens with zero attached hydrogens (tertiary/aromatic N) is 3. The SMILES string of the molecule is CC(C)c1nc2cc(N=Cc3cccc(C(C)(C)C)c3O)c(N=Cc3ccccc3O)cc2[nH]c1=O. The molecule has 0 fully saturated rings. The first-order valence-corrected chi connectivity index (χ1v) is 11.8. The molecule has 0 spiro atoms. The Morgan fingerprint density at radius 1 is 0.917 bits per heavy atom. The van der Waals surface area contributed by atoms with Crippen molar-refractivity contribution in [3.63, 3.8) is 0 Å². The quantitative estimate of drug-likeness (QED) is 0.292. The van der Waals surface area contributed by atoms with Crippen molar-refractivity contribution in [3.05, 3.63) is 87.3 Å². The van der Waals surface area contributed by atoms with Gasteiger partial charge in [0.15, 0.2) is 0 Å². The fourth-order valence-electron chi connectivity index (χ4n) is 3.87. The molecule has 1 aromatic heterocycles. The topological polar surface area (TPSA) is 111 Å². The Kier molecular flexibility index (Phi) is 6.75. The highest BCUT2D eigenvalue weighted by Gasteiger charge is 2.19. The molecule has 0 saturated carbocycles. The van der Waals surface area contributed by atoms with Gasteiger partial charge < -0.3 is 15.2 Å². The second-order valence-electron chi connectivity index (χ2n) is 10.0. The number of aromatic nitrogens is 2. The number of fused-ring (bicyclic) bond motifs is 1. The van der Waals surface area contributed by atoms with Gasteiger partial charge in [0, 0.05) is 29.5 Å². The summed E-state index contributed by atoms with van der Waals surface area (Å²) in [6.45, 7) is 9.95. The fraction of sp³-hybridized carbons (Fsp3) is 0.241. The van der Waals surface area contributed by atoms with Gasteiger partial charge in [-0.3, -0.25) is 14.8 Å². The highest BCUT2D eigenvalue weighted by atomic mass is 16.3. The molecule has 0 aliphatic rings. The molecule has 0 saturated heterocycles. The van der Waals surface area contributed by atoms with Gasteiger partial charge in [-0.05, 0) is 41.3 Å². The molecule has 36 heavy (non-hydrogen) atoms. The van der Waals surface area contributed by atoms with Crippen molar-refractivity contribution in [2.75, 3.05) is 0 Å². The molecule has 0 atom stereocenters. The zero-order chi connectivity index (χ0) is 26.0. The van der Waals surface area contributed by atoms with Crippen molar-refractivity contribution >= 4 is 34.8 Å². The van der Waals surface area contributed by atoms with Crippen molar-refractivity contribution in [1.29, 1.82) is 0 Å². The number of aromatic amines is 1.